The van der Waals surface area contributed by atoms with Gasteiger partial charge in [-0.2, -0.15) is 0 Å². The molecule has 2 N–H and O–H groups in total. The Morgan fingerprint density at radius 2 is 2.08 bits per heavy atom. The minimum absolute atomic E-state index is 0.754. The van der Waals surface area contributed by atoms with Crippen LogP contribution in [0.15, 0.2) is 0 Å². The molecular formula is C10H19NO. The Hall–Kier alpha value is -0.0800. The van der Waals surface area contributed by atoms with Crippen LogP contribution in [0, 0.1) is 17.8 Å². The van der Waals surface area contributed by atoms with Crippen molar-refractivity contribution >= 4 is 0 Å². The van der Waals surface area contributed by atoms with Crippen LogP contribution in [0.3, 0.4) is 0 Å². The van der Waals surface area contributed by atoms with Gasteiger partial charge in [-0.05, 0) is 30.7 Å². The van der Waals surface area contributed by atoms with Crippen molar-refractivity contribution in [3.8, 4) is 0 Å². The van der Waals surface area contributed by atoms with E-state index >= 15 is 0 Å². The number of hydrogen-bond donors (Lipinski definition) is 1. The van der Waals surface area contributed by atoms with Gasteiger partial charge in [0.05, 0.1) is 0 Å². The van der Waals surface area contributed by atoms with Gasteiger partial charge in [0.1, 0.15) is 0 Å². The smallest absolute Gasteiger partial charge is 0.0500 e. The maximum Gasteiger partial charge on any atom is 0.0500 e. The van der Waals surface area contributed by atoms with Crippen LogP contribution in [-0.4, -0.2) is 19.8 Å². The van der Waals surface area contributed by atoms with Crippen LogP contribution in [0.25, 0.3) is 0 Å². The topological polar surface area (TPSA) is 35.2 Å². The minimum atomic E-state index is 0.754. The van der Waals surface area contributed by atoms with E-state index in [0.29, 0.717) is 0 Å². The van der Waals surface area contributed by atoms with Crippen molar-refractivity contribution in [1.82, 2.24) is 0 Å². The van der Waals surface area contributed by atoms with Crippen LogP contribution in [0.2, 0.25) is 0 Å². The van der Waals surface area contributed by atoms with Gasteiger partial charge in [-0.1, -0.05) is 19.3 Å². The van der Waals surface area contributed by atoms with Gasteiger partial charge in [0.25, 0.3) is 0 Å². The molecule has 0 aromatic carbocycles. The van der Waals surface area contributed by atoms with Crippen LogP contribution in [0.4, 0.5) is 0 Å². The SMILES string of the molecule is NCC1CCOCC1C1CCC1. The largest absolute Gasteiger partial charge is 0.381 e. The fourth-order valence-corrected chi connectivity index (χ4v) is 2.49. The van der Waals surface area contributed by atoms with Gasteiger partial charge in [-0.25, -0.2) is 0 Å². The molecule has 1 aliphatic carbocycles. The molecule has 1 heterocycles. The van der Waals surface area contributed by atoms with E-state index in [-0.39, 0.29) is 0 Å². The monoisotopic (exact) mass is 169 g/mol. The Bertz CT molecular complexity index is 145. The van der Waals surface area contributed by atoms with E-state index in [1.54, 1.807) is 0 Å². The molecule has 1 saturated heterocycles. The average Bonchev–Trinajstić information content (AvgIpc) is 2.02. The maximum atomic E-state index is 5.75. The van der Waals surface area contributed by atoms with E-state index in [0.717, 1.165) is 37.5 Å². The summed E-state index contributed by atoms with van der Waals surface area (Å²) in [5.74, 6) is 2.49. The lowest BCUT2D eigenvalue weighted by atomic mass is 9.69. The van der Waals surface area contributed by atoms with Crippen molar-refractivity contribution in [3.05, 3.63) is 0 Å². The molecule has 0 aromatic heterocycles. The molecule has 2 atom stereocenters. The quantitative estimate of drug-likeness (QED) is 0.678. The fourth-order valence-electron chi connectivity index (χ4n) is 2.49. The molecule has 0 radical (unpaired) electrons. The molecule has 1 saturated carbocycles. The third-order valence-corrected chi connectivity index (χ3v) is 3.61. The summed E-state index contributed by atoms with van der Waals surface area (Å²) in [7, 11) is 0. The summed E-state index contributed by atoms with van der Waals surface area (Å²) < 4.78 is 5.52. The Kier molecular flexibility index (Phi) is 2.66. The third kappa shape index (κ3) is 1.50. The van der Waals surface area contributed by atoms with Crippen molar-refractivity contribution < 1.29 is 4.74 Å². The molecule has 2 heteroatoms. The van der Waals surface area contributed by atoms with Crippen LogP contribution in [0.1, 0.15) is 25.7 Å². The van der Waals surface area contributed by atoms with Crippen molar-refractivity contribution in [2.45, 2.75) is 25.7 Å². The predicted molar refractivity (Wildman–Crippen MR) is 48.8 cm³/mol. The van der Waals surface area contributed by atoms with Crippen molar-refractivity contribution in [2.24, 2.45) is 23.5 Å². The van der Waals surface area contributed by atoms with Gasteiger partial charge in [-0.15, -0.1) is 0 Å². The first-order chi connectivity index (χ1) is 5.92. The van der Waals surface area contributed by atoms with E-state index in [1.165, 1.54) is 25.7 Å². The Morgan fingerprint density at radius 3 is 2.67 bits per heavy atom. The van der Waals surface area contributed by atoms with Crippen molar-refractivity contribution in [3.63, 3.8) is 0 Å². The summed E-state index contributed by atoms with van der Waals surface area (Å²) in [6, 6.07) is 0. The second-order valence-corrected chi connectivity index (χ2v) is 4.21. The highest BCUT2D eigenvalue weighted by Gasteiger charge is 2.34. The Balaban J connectivity index is 1.90. The molecule has 2 unspecified atom stereocenters. The third-order valence-electron chi connectivity index (χ3n) is 3.61. The first-order valence-electron chi connectivity index (χ1n) is 5.19. The van der Waals surface area contributed by atoms with Crippen LogP contribution in [0.5, 0.6) is 0 Å². The molecule has 12 heavy (non-hydrogen) atoms. The first-order valence-corrected chi connectivity index (χ1v) is 5.19. The second-order valence-electron chi connectivity index (χ2n) is 4.21. The molecule has 0 bridgehead atoms. The van der Waals surface area contributed by atoms with Crippen LogP contribution < -0.4 is 5.73 Å². The highest BCUT2D eigenvalue weighted by molar-refractivity contribution is 4.84. The summed E-state index contributed by atoms with van der Waals surface area (Å²) in [6.45, 7) is 2.78. The molecular weight excluding hydrogens is 150 g/mol. The molecule has 2 rings (SSSR count). The van der Waals surface area contributed by atoms with Gasteiger partial charge < -0.3 is 10.5 Å². The van der Waals surface area contributed by atoms with E-state index < -0.39 is 0 Å². The zero-order valence-electron chi connectivity index (χ0n) is 7.67. The van der Waals surface area contributed by atoms with E-state index in [1.807, 2.05) is 0 Å². The van der Waals surface area contributed by atoms with E-state index in [4.69, 9.17) is 10.5 Å². The van der Waals surface area contributed by atoms with E-state index in [9.17, 15) is 0 Å². The van der Waals surface area contributed by atoms with Gasteiger partial charge in [-0.3, -0.25) is 0 Å². The average molecular weight is 169 g/mol. The molecule has 0 spiro atoms. The summed E-state index contributed by atoms with van der Waals surface area (Å²) in [4.78, 5) is 0. The molecule has 1 aliphatic heterocycles. The highest BCUT2D eigenvalue weighted by Crippen LogP contribution is 2.39. The fraction of sp³-hybridized carbons (Fsp3) is 1.00. The Labute approximate surface area is 74.5 Å². The highest BCUT2D eigenvalue weighted by atomic mass is 16.5. The summed E-state index contributed by atoms with van der Waals surface area (Å²) >= 11 is 0. The van der Waals surface area contributed by atoms with Crippen LogP contribution in [-0.2, 0) is 4.74 Å². The molecule has 2 aliphatic rings. The molecule has 2 fully saturated rings. The summed E-state index contributed by atoms with van der Waals surface area (Å²) in [5, 5.41) is 0. The minimum Gasteiger partial charge on any atom is -0.381 e. The normalized spacial score (nSPS) is 37.8. The number of rotatable bonds is 2. The van der Waals surface area contributed by atoms with Crippen LogP contribution >= 0.6 is 0 Å². The predicted octanol–water partition coefficient (Wildman–Crippen LogP) is 1.40. The standard InChI is InChI=1S/C10H19NO/c11-6-9-4-5-12-7-10(9)8-2-1-3-8/h8-10H,1-7,11H2. The van der Waals surface area contributed by atoms with E-state index in [2.05, 4.69) is 0 Å². The van der Waals surface area contributed by atoms with Crippen molar-refractivity contribution in [1.29, 1.82) is 0 Å². The summed E-state index contributed by atoms with van der Waals surface area (Å²) in [6.07, 6.45) is 5.46. The molecule has 0 aromatic rings. The molecule has 70 valence electrons. The lowest BCUT2D eigenvalue weighted by Crippen LogP contribution is -2.39. The molecule has 0 amide bonds. The van der Waals surface area contributed by atoms with Gasteiger partial charge >= 0.3 is 0 Å². The second kappa shape index (κ2) is 3.75. The maximum absolute atomic E-state index is 5.75. The number of hydrogen-bond acceptors (Lipinski definition) is 2. The lowest BCUT2D eigenvalue weighted by Gasteiger charge is -2.40. The van der Waals surface area contributed by atoms with Gasteiger partial charge in [0.15, 0.2) is 0 Å². The Morgan fingerprint density at radius 1 is 1.25 bits per heavy atom. The van der Waals surface area contributed by atoms with Gasteiger partial charge in [0.2, 0.25) is 0 Å². The zero-order valence-corrected chi connectivity index (χ0v) is 7.67. The van der Waals surface area contributed by atoms with Gasteiger partial charge in [0, 0.05) is 13.2 Å². The number of ether oxygens (including phenoxy) is 1. The molecule has 2 nitrogen and oxygen atoms in total. The van der Waals surface area contributed by atoms with Crippen molar-refractivity contribution in [2.75, 3.05) is 19.8 Å². The summed E-state index contributed by atoms with van der Waals surface area (Å²) in [5.41, 5.74) is 5.75. The first kappa shape index (κ1) is 8.52. The lowest BCUT2D eigenvalue weighted by molar-refractivity contribution is -0.0236. The zero-order chi connectivity index (χ0) is 8.39. The number of nitrogens with two attached hydrogens (primary N) is 1.